The lowest BCUT2D eigenvalue weighted by molar-refractivity contribution is 0.0532. The minimum absolute atomic E-state index is 0.00581. The van der Waals surface area contributed by atoms with Crippen molar-refractivity contribution in [1.29, 1.82) is 0 Å². The third-order valence-corrected chi connectivity index (χ3v) is 6.42. The number of nitrogens with one attached hydrogen (secondary N) is 1. The van der Waals surface area contributed by atoms with Crippen LogP contribution >= 0.6 is 11.6 Å². The summed E-state index contributed by atoms with van der Waals surface area (Å²) in [6.45, 7) is 0.0303. The lowest BCUT2D eigenvalue weighted by Gasteiger charge is -2.22. The largest absolute Gasteiger partial charge is 0.373 e. The average molecular weight is 484 g/mol. The van der Waals surface area contributed by atoms with E-state index in [0.717, 1.165) is 54.0 Å². The van der Waals surface area contributed by atoms with Gasteiger partial charge in [0, 0.05) is 18.3 Å². The molecular weight excluding hydrogens is 458 g/mol. The predicted octanol–water partition coefficient (Wildman–Crippen LogP) is 2.51. The summed E-state index contributed by atoms with van der Waals surface area (Å²) < 4.78 is 2.07. The number of carbonyl (C=O) groups is 1. The molecule has 3 aromatic rings. The smallest absolute Gasteiger partial charge is 0.352 e. The van der Waals surface area contributed by atoms with Crippen LogP contribution in [-0.4, -0.2) is 36.6 Å². The second-order valence-electron chi connectivity index (χ2n) is 8.46. The molecule has 1 saturated carbocycles. The van der Waals surface area contributed by atoms with Crippen LogP contribution in [0.4, 0.5) is 0 Å². The van der Waals surface area contributed by atoms with Crippen LogP contribution in [0.15, 0.2) is 58.5 Å². The number of aliphatic hydroxyl groups is 1. The highest BCUT2D eigenvalue weighted by molar-refractivity contribution is 6.33. The van der Waals surface area contributed by atoms with E-state index in [2.05, 4.69) is 15.4 Å². The highest BCUT2D eigenvalue weighted by Gasteiger charge is 2.24. The number of hydrogen-bond donors (Lipinski definition) is 2. The van der Waals surface area contributed by atoms with Crippen molar-refractivity contribution in [3.05, 3.63) is 85.9 Å². The maximum Gasteiger partial charge on any atom is 0.352 e. The summed E-state index contributed by atoms with van der Waals surface area (Å²) in [5, 5.41) is 17.3. The number of aliphatic hydroxyl groups excluding tert-OH is 1. The molecule has 1 atom stereocenters. The highest BCUT2D eigenvalue weighted by atomic mass is 35.5. The van der Waals surface area contributed by atoms with E-state index in [9.17, 15) is 19.5 Å². The Morgan fingerprint density at radius 3 is 2.62 bits per heavy atom. The topological polar surface area (TPSA) is 119 Å². The second-order valence-corrected chi connectivity index (χ2v) is 8.87. The molecule has 9 nitrogen and oxygen atoms in total. The lowest BCUT2D eigenvalue weighted by Crippen LogP contribution is -2.41. The third-order valence-electron chi connectivity index (χ3n) is 6.09. The summed E-state index contributed by atoms with van der Waals surface area (Å²) in [5.74, 6) is -0.547. The number of pyridine rings is 1. The van der Waals surface area contributed by atoms with Gasteiger partial charge in [-0.15, -0.1) is 0 Å². The molecule has 1 aliphatic rings. The first kappa shape index (κ1) is 23.8. The van der Waals surface area contributed by atoms with E-state index in [1.54, 1.807) is 24.5 Å². The van der Waals surface area contributed by atoms with E-state index in [1.807, 2.05) is 0 Å². The van der Waals surface area contributed by atoms with E-state index in [1.165, 1.54) is 18.2 Å². The van der Waals surface area contributed by atoms with Gasteiger partial charge < -0.3 is 10.4 Å². The number of carbonyl (C=O) groups excluding carboxylic acids is 1. The molecule has 4 rings (SSSR count). The van der Waals surface area contributed by atoms with E-state index in [0.29, 0.717) is 5.56 Å². The predicted molar refractivity (Wildman–Crippen MR) is 127 cm³/mol. The maximum atomic E-state index is 13.0. The van der Waals surface area contributed by atoms with Crippen LogP contribution in [0.25, 0.3) is 5.69 Å². The Labute approximate surface area is 201 Å². The first-order valence-electron chi connectivity index (χ1n) is 11.3. The summed E-state index contributed by atoms with van der Waals surface area (Å²) in [4.78, 5) is 42.3. The molecule has 2 N–H and O–H groups in total. The van der Waals surface area contributed by atoms with Crippen molar-refractivity contribution < 1.29 is 9.90 Å². The number of aromatic nitrogens is 4. The molecule has 1 aromatic carbocycles. The van der Waals surface area contributed by atoms with Crippen molar-refractivity contribution in [2.45, 2.75) is 51.3 Å². The highest BCUT2D eigenvalue weighted by Crippen LogP contribution is 2.25. The quantitative estimate of drug-likeness (QED) is 0.410. The number of halogens is 1. The van der Waals surface area contributed by atoms with Crippen molar-refractivity contribution >= 4 is 17.5 Å². The van der Waals surface area contributed by atoms with Gasteiger partial charge in [0.05, 0.1) is 22.8 Å². The van der Waals surface area contributed by atoms with Gasteiger partial charge in [-0.3, -0.25) is 19.1 Å². The third kappa shape index (κ3) is 5.43. The summed E-state index contributed by atoms with van der Waals surface area (Å²) >= 11 is 6.27. The van der Waals surface area contributed by atoms with Gasteiger partial charge >= 0.3 is 5.69 Å². The summed E-state index contributed by atoms with van der Waals surface area (Å²) in [6, 6.07) is 7.91. The van der Waals surface area contributed by atoms with Crippen LogP contribution in [0.3, 0.4) is 0 Å². The monoisotopic (exact) mass is 483 g/mol. The van der Waals surface area contributed by atoms with E-state index < -0.39 is 23.4 Å². The van der Waals surface area contributed by atoms with Crippen LogP contribution in [0, 0.1) is 5.92 Å². The Balaban J connectivity index is 1.60. The van der Waals surface area contributed by atoms with E-state index >= 15 is 0 Å². The normalized spacial score (nSPS) is 15.5. The molecule has 0 saturated heterocycles. The summed E-state index contributed by atoms with van der Waals surface area (Å²) in [6.07, 6.45) is 9.26. The van der Waals surface area contributed by atoms with Crippen molar-refractivity contribution in [3.8, 4) is 5.69 Å². The first-order valence-corrected chi connectivity index (χ1v) is 11.7. The average Bonchev–Trinajstić information content (AvgIpc) is 3.13. The number of nitrogens with zero attached hydrogens (tertiary/aromatic N) is 4. The van der Waals surface area contributed by atoms with Crippen LogP contribution in [0.1, 0.15) is 54.4 Å². The SMILES string of the molecule is O=C(NC(O)C1CCCCCC1)c1cc(-n2ncc(=O)n(Cc3cccnc3)c2=O)ccc1Cl. The number of rotatable bonds is 6. The van der Waals surface area contributed by atoms with Crippen LogP contribution in [-0.2, 0) is 6.54 Å². The minimum Gasteiger partial charge on any atom is -0.373 e. The van der Waals surface area contributed by atoms with E-state index in [-0.39, 0.29) is 28.7 Å². The Morgan fingerprint density at radius 1 is 1.15 bits per heavy atom. The molecule has 0 aliphatic heterocycles. The summed E-state index contributed by atoms with van der Waals surface area (Å²) in [5.41, 5.74) is -0.163. The summed E-state index contributed by atoms with van der Waals surface area (Å²) in [7, 11) is 0. The van der Waals surface area contributed by atoms with Gasteiger partial charge in [0.15, 0.2) is 0 Å². The molecule has 1 fully saturated rings. The molecule has 2 heterocycles. The Morgan fingerprint density at radius 2 is 1.91 bits per heavy atom. The molecule has 2 aromatic heterocycles. The van der Waals surface area contributed by atoms with Crippen LogP contribution < -0.4 is 16.6 Å². The zero-order chi connectivity index (χ0) is 24.1. The van der Waals surface area contributed by atoms with Crippen LogP contribution in [0.5, 0.6) is 0 Å². The first-order chi connectivity index (χ1) is 16.4. The molecule has 0 spiro atoms. The van der Waals surface area contributed by atoms with Crippen molar-refractivity contribution in [2.75, 3.05) is 0 Å². The number of amides is 1. The zero-order valence-corrected chi connectivity index (χ0v) is 19.3. The van der Waals surface area contributed by atoms with Gasteiger partial charge in [0.2, 0.25) is 0 Å². The molecular formula is C24H26ClN5O4. The van der Waals surface area contributed by atoms with Gasteiger partial charge in [-0.05, 0) is 42.7 Å². The maximum absolute atomic E-state index is 13.0. The molecule has 34 heavy (non-hydrogen) atoms. The second kappa shape index (κ2) is 10.8. The minimum atomic E-state index is -0.979. The van der Waals surface area contributed by atoms with Gasteiger partial charge in [0.1, 0.15) is 12.4 Å². The molecule has 1 aliphatic carbocycles. The standard InChI is InChI=1S/C24H26ClN5O4/c25-20-10-9-18(12-19(20)23(33)28-22(32)17-7-3-1-2-4-8-17)30-24(34)29(21(31)14-27-30)15-16-6-5-11-26-13-16/h5-6,9-14,17,22,32H,1-4,7-8,15H2,(H,28,33). The fourth-order valence-electron chi connectivity index (χ4n) is 4.21. The Hall–Kier alpha value is -3.30. The molecule has 10 heteroatoms. The fourth-order valence-corrected chi connectivity index (χ4v) is 4.41. The van der Waals surface area contributed by atoms with Crippen molar-refractivity contribution in [3.63, 3.8) is 0 Å². The van der Waals surface area contributed by atoms with Crippen molar-refractivity contribution in [2.24, 2.45) is 5.92 Å². The number of benzene rings is 1. The van der Waals surface area contributed by atoms with E-state index in [4.69, 9.17) is 11.6 Å². The lowest BCUT2D eigenvalue weighted by atomic mass is 9.98. The van der Waals surface area contributed by atoms with Crippen molar-refractivity contribution in [1.82, 2.24) is 24.6 Å². The Bertz CT molecular complexity index is 1270. The molecule has 1 amide bonds. The number of hydrogen-bond acceptors (Lipinski definition) is 6. The molecule has 178 valence electrons. The fraction of sp³-hybridized carbons (Fsp3) is 0.375. The molecule has 0 bridgehead atoms. The zero-order valence-electron chi connectivity index (χ0n) is 18.6. The molecule has 0 radical (unpaired) electrons. The molecule has 1 unspecified atom stereocenters. The van der Waals surface area contributed by atoms with Crippen LogP contribution in [0.2, 0.25) is 5.02 Å². The van der Waals surface area contributed by atoms with Gasteiger partial charge in [-0.25, -0.2) is 4.79 Å². The van der Waals surface area contributed by atoms with Gasteiger partial charge in [-0.2, -0.15) is 9.78 Å². The van der Waals surface area contributed by atoms with Gasteiger partial charge in [0.25, 0.3) is 11.5 Å². The Kier molecular flexibility index (Phi) is 7.54. The van der Waals surface area contributed by atoms with Gasteiger partial charge in [-0.1, -0.05) is 43.4 Å².